The minimum Gasteiger partial charge on any atom is -0.330 e. The average molecular weight is 247 g/mol. The molecule has 0 aliphatic heterocycles. The van der Waals surface area contributed by atoms with Gasteiger partial charge in [0.05, 0.1) is 0 Å². The van der Waals surface area contributed by atoms with Gasteiger partial charge in [0, 0.05) is 24.7 Å². The summed E-state index contributed by atoms with van der Waals surface area (Å²) in [6, 6.07) is 9.44. The first-order chi connectivity index (χ1) is 8.65. The van der Waals surface area contributed by atoms with Crippen molar-refractivity contribution in [1.29, 1.82) is 0 Å². The first-order valence-electron chi connectivity index (χ1n) is 6.42. The fraction of sp³-hybridized carbons (Fsp3) is 0.500. The second-order valence-corrected chi connectivity index (χ2v) is 5.21. The number of nitrogens with two attached hydrogens (primary N) is 1. The van der Waals surface area contributed by atoms with Gasteiger partial charge in [0.25, 0.3) is 0 Å². The van der Waals surface area contributed by atoms with E-state index in [2.05, 4.69) is 5.32 Å². The SMILES string of the molecule is CN(CC1(CN)CCC1)C(=O)Nc1ccccc1. The summed E-state index contributed by atoms with van der Waals surface area (Å²) in [5.41, 5.74) is 6.79. The molecule has 2 amide bonds. The van der Waals surface area contributed by atoms with Crippen LogP contribution in [0.3, 0.4) is 0 Å². The van der Waals surface area contributed by atoms with Gasteiger partial charge in [-0.2, -0.15) is 0 Å². The van der Waals surface area contributed by atoms with Gasteiger partial charge in [0.15, 0.2) is 0 Å². The van der Waals surface area contributed by atoms with Gasteiger partial charge in [0.1, 0.15) is 0 Å². The van der Waals surface area contributed by atoms with Crippen LogP contribution in [0.2, 0.25) is 0 Å². The second kappa shape index (κ2) is 5.40. The number of rotatable bonds is 4. The van der Waals surface area contributed by atoms with Crippen LogP contribution in [0.4, 0.5) is 10.5 Å². The Hall–Kier alpha value is -1.55. The van der Waals surface area contributed by atoms with Crippen LogP contribution in [0.15, 0.2) is 30.3 Å². The van der Waals surface area contributed by atoms with E-state index < -0.39 is 0 Å². The molecule has 0 aromatic heterocycles. The molecule has 0 atom stereocenters. The monoisotopic (exact) mass is 247 g/mol. The van der Waals surface area contributed by atoms with Gasteiger partial charge in [-0.1, -0.05) is 24.6 Å². The number of hydrogen-bond donors (Lipinski definition) is 2. The van der Waals surface area contributed by atoms with Gasteiger partial charge >= 0.3 is 6.03 Å². The zero-order chi connectivity index (χ0) is 13.0. The Labute approximate surface area is 108 Å². The summed E-state index contributed by atoms with van der Waals surface area (Å²) in [7, 11) is 1.83. The maximum absolute atomic E-state index is 12.0. The lowest BCUT2D eigenvalue weighted by Gasteiger charge is -2.43. The van der Waals surface area contributed by atoms with Crippen LogP contribution < -0.4 is 11.1 Å². The van der Waals surface area contributed by atoms with Crippen molar-refractivity contribution in [2.24, 2.45) is 11.1 Å². The fourth-order valence-corrected chi connectivity index (χ4v) is 2.42. The summed E-state index contributed by atoms with van der Waals surface area (Å²) in [4.78, 5) is 13.8. The maximum Gasteiger partial charge on any atom is 0.321 e. The Kier molecular flexibility index (Phi) is 3.87. The Morgan fingerprint density at radius 1 is 1.39 bits per heavy atom. The molecule has 2 rings (SSSR count). The maximum atomic E-state index is 12.0. The van der Waals surface area contributed by atoms with Crippen molar-refractivity contribution in [1.82, 2.24) is 4.90 Å². The van der Waals surface area contributed by atoms with E-state index in [1.807, 2.05) is 37.4 Å². The number of hydrogen-bond acceptors (Lipinski definition) is 2. The van der Waals surface area contributed by atoms with E-state index in [1.54, 1.807) is 4.90 Å². The number of nitrogens with one attached hydrogen (secondary N) is 1. The summed E-state index contributed by atoms with van der Waals surface area (Å²) in [6.45, 7) is 1.40. The topological polar surface area (TPSA) is 58.4 Å². The smallest absolute Gasteiger partial charge is 0.321 e. The van der Waals surface area contributed by atoms with Crippen LogP contribution in [0, 0.1) is 5.41 Å². The largest absolute Gasteiger partial charge is 0.330 e. The highest BCUT2D eigenvalue weighted by molar-refractivity contribution is 5.89. The van der Waals surface area contributed by atoms with Gasteiger partial charge in [-0.25, -0.2) is 4.79 Å². The third-order valence-electron chi connectivity index (χ3n) is 3.79. The summed E-state index contributed by atoms with van der Waals surface area (Å²) in [6.07, 6.45) is 3.49. The lowest BCUT2D eigenvalue weighted by atomic mass is 9.68. The Bertz CT molecular complexity index is 395. The number of carbonyl (C=O) groups excluding carboxylic acids is 1. The predicted molar refractivity (Wildman–Crippen MR) is 73.4 cm³/mol. The molecule has 1 aromatic rings. The molecule has 0 saturated heterocycles. The zero-order valence-corrected chi connectivity index (χ0v) is 10.9. The van der Waals surface area contributed by atoms with Crippen LogP contribution in [0.25, 0.3) is 0 Å². The summed E-state index contributed by atoms with van der Waals surface area (Å²) in [5, 5.41) is 2.88. The van der Waals surface area contributed by atoms with Crippen LogP contribution in [0.1, 0.15) is 19.3 Å². The highest BCUT2D eigenvalue weighted by Gasteiger charge is 2.37. The Morgan fingerprint density at radius 3 is 2.56 bits per heavy atom. The van der Waals surface area contributed by atoms with Crippen molar-refractivity contribution in [2.45, 2.75) is 19.3 Å². The molecular formula is C14H21N3O. The molecule has 1 aliphatic carbocycles. The van der Waals surface area contributed by atoms with Crippen molar-refractivity contribution in [3.05, 3.63) is 30.3 Å². The molecule has 0 heterocycles. The lowest BCUT2D eigenvalue weighted by molar-refractivity contribution is 0.101. The van der Waals surface area contributed by atoms with E-state index in [1.165, 1.54) is 6.42 Å². The van der Waals surface area contributed by atoms with E-state index in [0.717, 1.165) is 25.1 Å². The molecular weight excluding hydrogens is 226 g/mol. The van der Waals surface area contributed by atoms with E-state index >= 15 is 0 Å². The zero-order valence-electron chi connectivity index (χ0n) is 10.9. The quantitative estimate of drug-likeness (QED) is 0.857. The molecule has 98 valence electrons. The molecule has 1 aromatic carbocycles. The third kappa shape index (κ3) is 2.82. The number of nitrogens with zero attached hydrogens (tertiary/aromatic N) is 1. The highest BCUT2D eigenvalue weighted by atomic mass is 16.2. The molecule has 0 radical (unpaired) electrons. The number of benzene rings is 1. The molecule has 3 N–H and O–H groups in total. The first kappa shape index (κ1) is 12.9. The van der Waals surface area contributed by atoms with E-state index in [4.69, 9.17) is 5.73 Å². The van der Waals surface area contributed by atoms with Gasteiger partial charge in [-0.05, 0) is 31.5 Å². The van der Waals surface area contributed by atoms with E-state index in [9.17, 15) is 4.79 Å². The van der Waals surface area contributed by atoms with Crippen molar-refractivity contribution in [3.8, 4) is 0 Å². The summed E-state index contributed by atoms with van der Waals surface area (Å²) in [5.74, 6) is 0. The number of amides is 2. The Balaban J connectivity index is 1.89. The predicted octanol–water partition coefficient (Wildman–Crippen LogP) is 2.28. The second-order valence-electron chi connectivity index (χ2n) is 5.21. The molecule has 1 aliphatic rings. The van der Waals surface area contributed by atoms with Crippen LogP contribution in [0.5, 0.6) is 0 Å². The molecule has 0 bridgehead atoms. The van der Waals surface area contributed by atoms with Gasteiger partial charge in [-0.3, -0.25) is 0 Å². The molecule has 18 heavy (non-hydrogen) atoms. The number of urea groups is 1. The van der Waals surface area contributed by atoms with E-state index in [-0.39, 0.29) is 11.4 Å². The molecule has 4 nitrogen and oxygen atoms in total. The average Bonchev–Trinajstić information content (AvgIpc) is 2.34. The van der Waals surface area contributed by atoms with E-state index in [0.29, 0.717) is 6.54 Å². The third-order valence-corrected chi connectivity index (χ3v) is 3.79. The molecule has 4 heteroatoms. The van der Waals surface area contributed by atoms with Crippen molar-refractivity contribution < 1.29 is 4.79 Å². The summed E-state index contributed by atoms with van der Waals surface area (Å²) >= 11 is 0. The van der Waals surface area contributed by atoms with Crippen LogP contribution >= 0.6 is 0 Å². The lowest BCUT2D eigenvalue weighted by Crippen LogP contribution is -2.48. The van der Waals surface area contributed by atoms with Gasteiger partial charge in [0.2, 0.25) is 0 Å². The fourth-order valence-electron chi connectivity index (χ4n) is 2.42. The van der Waals surface area contributed by atoms with Crippen molar-refractivity contribution in [2.75, 3.05) is 25.5 Å². The summed E-state index contributed by atoms with van der Waals surface area (Å²) < 4.78 is 0. The molecule has 0 spiro atoms. The molecule has 0 unspecified atom stereocenters. The van der Waals surface area contributed by atoms with Gasteiger partial charge < -0.3 is 16.0 Å². The van der Waals surface area contributed by atoms with Crippen molar-refractivity contribution in [3.63, 3.8) is 0 Å². The Morgan fingerprint density at radius 2 is 2.06 bits per heavy atom. The van der Waals surface area contributed by atoms with Crippen LogP contribution in [-0.4, -0.2) is 31.1 Å². The number of anilines is 1. The number of carbonyl (C=O) groups is 1. The highest BCUT2D eigenvalue weighted by Crippen LogP contribution is 2.40. The number of para-hydroxylation sites is 1. The minimum absolute atomic E-state index is 0.0686. The molecule has 1 saturated carbocycles. The van der Waals surface area contributed by atoms with Crippen LogP contribution in [-0.2, 0) is 0 Å². The first-order valence-corrected chi connectivity index (χ1v) is 6.42. The normalized spacial score (nSPS) is 16.8. The molecule has 1 fully saturated rings. The minimum atomic E-state index is -0.0686. The van der Waals surface area contributed by atoms with Gasteiger partial charge in [-0.15, -0.1) is 0 Å². The standard InChI is InChI=1S/C14H21N3O/c1-17(11-14(10-15)8-5-9-14)13(18)16-12-6-3-2-4-7-12/h2-4,6-7H,5,8-11,15H2,1H3,(H,16,18). The van der Waals surface area contributed by atoms with Crippen molar-refractivity contribution >= 4 is 11.7 Å².